The predicted molar refractivity (Wildman–Crippen MR) is 82.3 cm³/mol. The second kappa shape index (κ2) is 8.32. The topological polar surface area (TPSA) is 18.5 Å². The lowest BCUT2D eigenvalue weighted by Crippen LogP contribution is -2.30. The Morgan fingerprint density at radius 1 is 0.767 bits per heavy atom. The van der Waals surface area contributed by atoms with E-state index in [2.05, 4.69) is 9.47 Å². The molecule has 0 heterocycles. The third-order valence-electron chi connectivity index (χ3n) is 3.68. The van der Waals surface area contributed by atoms with Crippen LogP contribution in [0.1, 0.15) is 30.0 Å². The molecule has 0 unspecified atom stereocenters. The number of halogens is 10. The molecule has 0 saturated heterocycles. The lowest BCUT2D eigenvalue weighted by atomic mass is 10.1. The first kappa shape index (κ1) is 23.8. The molecule has 166 valence electrons. The smallest absolute Gasteiger partial charge is 0.429 e. The van der Waals surface area contributed by atoms with Gasteiger partial charge in [0.1, 0.15) is 28.8 Å². The van der Waals surface area contributed by atoms with Crippen LogP contribution in [0.5, 0.6) is 5.75 Å². The fourth-order valence-electron chi connectivity index (χ4n) is 2.53. The monoisotopic (exact) mass is 450 g/mol. The molecule has 0 aliphatic rings. The molecule has 0 N–H and O–H groups in total. The standard InChI is InChI=1S/C18H12F10O2/c1-2-3-9-4-5-11(12(19)6-9)16(22,23)29-10-7-13(20)15(14(21)8-10)17(24,25)30-18(26,27)28/h4-8H,2-3H2,1H3. The maximum absolute atomic E-state index is 14.2. The summed E-state index contributed by atoms with van der Waals surface area (Å²) in [5, 5.41) is 0. The molecular formula is C18H12F10O2. The normalized spacial score (nSPS) is 12.9. The number of hydrogen-bond donors (Lipinski definition) is 0. The van der Waals surface area contributed by atoms with Crippen molar-refractivity contribution in [3.8, 4) is 5.75 Å². The highest BCUT2D eigenvalue weighted by Gasteiger charge is 2.50. The number of aryl methyl sites for hydroxylation is 1. The van der Waals surface area contributed by atoms with E-state index >= 15 is 0 Å². The minimum absolute atomic E-state index is 0.205. The van der Waals surface area contributed by atoms with Gasteiger partial charge < -0.3 is 4.74 Å². The minimum Gasteiger partial charge on any atom is -0.429 e. The van der Waals surface area contributed by atoms with Crippen molar-refractivity contribution in [2.45, 2.75) is 38.3 Å². The van der Waals surface area contributed by atoms with Gasteiger partial charge in [-0.3, -0.25) is 0 Å². The van der Waals surface area contributed by atoms with Crippen LogP contribution in [0, 0.1) is 17.5 Å². The van der Waals surface area contributed by atoms with E-state index in [1.165, 1.54) is 6.07 Å². The van der Waals surface area contributed by atoms with Crippen molar-refractivity contribution in [3.63, 3.8) is 0 Å². The SMILES string of the molecule is CCCc1ccc(C(F)(F)Oc2cc(F)c(C(F)(F)OC(F)(F)F)c(F)c2)c(F)c1. The fraction of sp³-hybridized carbons (Fsp3) is 0.333. The van der Waals surface area contributed by atoms with E-state index in [1.807, 2.05) is 0 Å². The second-order valence-corrected chi connectivity index (χ2v) is 6.01. The van der Waals surface area contributed by atoms with E-state index in [0.29, 0.717) is 24.5 Å². The van der Waals surface area contributed by atoms with E-state index in [9.17, 15) is 43.9 Å². The molecule has 30 heavy (non-hydrogen) atoms. The molecule has 0 atom stereocenters. The van der Waals surface area contributed by atoms with Crippen LogP contribution in [-0.2, 0) is 23.4 Å². The van der Waals surface area contributed by atoms with Gasteiger partial charge in [0, 0.05) is 12.1 Å². The highest BCUT2D eigenvalue weighted by Crippen LogP contribution is 2.41. The lowest BCUT2D eigenvalue weighted by Gasteiger charge is -2.22. The van der Waals surface area contributed by atoms with Crippen LogP contribution >= 0.6 is 0 Å². The molecule has 0 aliphatic carbocycles. The second-order valence-electron chi connectivity index (χ2n) is 6.01. The first-order valence-corrected chi connectivity index (χ1v) is 8.16. The molecule has 2 nitrogen and oxygen atoms in total. The van der Waals surface area contributed by atoms with E-state index in [0.717, 1.165) is 6.07 Å². The molecule has 2 rings (SSSR count). The average Bonchev–Trinajstić information content (AvgIpc) is 2.50. The molecule has 0 fully saturated rings. The minimum atomic E-state index is -5.95. The maximum Gasteiger partial charge on any atom is 0.527 e. The number of ether oxygens (including phenoxy) is 2. The predicted octanol–water partition coefficient (Wildman–Crippen LogP) is 6.77. The Balaban J connectivity index is 2.35. The van der Waals surface area contributed by atoms with Gasteiger partial charge in [-0.05, 0) is 24.1 Å². The van der Waals surface area contributed by atoms with Crippen LogP contribution in [0.15, 0.2) is 30.3 Å². The van der Waals surface area contributed by atoms with E-state index in [4.69, 9.17) is 0 Å². The Labute approximate surface area is 163 Å². The highest BCUT2D eigenvalue weighted by molar-refractivity contribution is 5.34. The van der Waals surface area contributed by atoms with Gasteiger partial charge in [-0.25, -0.2) is 17.9 Å². The van der Waals surface area contributed by atoms with Crippen molar-refractivity contribution in [1.29, 1.82) is 0 Å². The molecule has 2 aromatic rings. The number of alkyl halides is 7. The lowest BCUT2D eigenvalue weighted by molar-refractivity contribution is -0.432. The summed E-state index contributed by atoms with van der Waals surface area (Å²) in [5.74, 6) is -7.48. The van der Waals surface area contributed by atoms with Gasteiger partial charge in [0.25, 0.3) is 0 Å². The summed E-state index contributed by atoms with van der Waals surface area (Å²) in [5.41, 5.74) is -3.38. The zero-order chi connectivity index (χ0) is 22.9. The van der Waals surface area contributed by atoms with Crippen LogP contribution < -0.4 is 4.74 Å². The number of rotatable bonds is 7. The molecular weight excluding hydrogens is 438 g/mol. The van der Waals surface area contributed by atoms with Crippen molar-refractivity contribution in [2.75, 3.05) is 0 Å². The molecule has 0 aliphatic heterocycles. The summed E-state index contributed by atoms with van der Waals surface area (Å²) < 4.78 is 139. The summed E-state index contributed by atoms with van der Waals surface area (Å²) in [4.78, 5) is 0. The Hall–Kier alpha value is -2.50. The zero-order valence-electron chi connectivity index (χ0n) is 14.9. The first-order chi connectivity index (χ1) is 13.7. The summed E-state index contributed by atoms with van der Waals surface area (Å²) in [7, 11) is 0. The largest absolute Gasteiger partial charge is 0.527 e. The van der Waals surface area contributed by atoms with E-state index in [-0.39, 0.29) is 12.1 Å². The van der Waals surface area contributed by atoms with Crippen LogP contribution in [0.25, 0.3) is 0 Å². The molecule has 0 amide bonds. The van der Waals surface area contributed by atoms with Crippen LogP contribution in [-0.4, -0.2) is 6.36 Å². The van der Waals surface area contributed by atoms with Gasteiger partial charge in [-0.15, -0.1) is 13.2 Å². The molecule has 0 aromatic heterocycles. The van der Waals surface area contributed by atoms with Crippen molar-refractivity contribution < 1.29 is 53.4 Å². The molecule has 0 saturated carbocycles. The van der Waals surface area contributed by atoms with Crippen LogP contribution in [0.3, 0.4) is 0 Å². The summed E-state index contributed by atoms with van der Waals surface area (Å²) in [6.07, 6.45) is -14.9. The Bertz CT molecular complexity index is 885. The quantitative estimate of drug-likeness (QED) is 0.434. The van der Waals surface area contributed by atoms with E-state index < -0.39 is 52.9 Å². The van der Waals surface area contributed by atoms with E-state index in [1.54, 1.807) is 6.92 Å². The van der Waals surface area contributed by atoms with Crippen LogP contribution in [0.2, 0.25) is 0 Å². The Morgan fingerprint density at radius 2 is 1.33 bits per heavy atom. The average molecular weight is 450 g/mol. The fourth-order valence-corrected chi connectivity index (χ4v) is 2.53. The van der Waals surface area contributed by atoms with Gasteiger partial charge in [-0.2, -0.15) is 17.6 Å². The van der Waals surface area contributed by atoms with Gasteiger partial charge in [0.15, 0.2) is 0 Å². The first-order valence-electron chi connectivity index (χ1n) is 8.16. The zero-order valence-corrected chi connectivity index (χ0v) is 14.9. The molecule has 12 heteroatoms. The third-order valence-corrected chi connectivity index (χ3v) is 3.68. The Kier molecular flexibility index (Phi) is 6.60. The summed E-state index contributed by atoms with van der Waals surface area (Å²) >= 11 is 0. The molecule has 0 radical (unpaired) electrons. The Morgan fingerprint density at radius 3 is 1.80 bits per heavy atom. The summed E-state index contributed by atoms with van der Waals surface area (Å²) in [6, 6.07) is 2.23. The number of hydrogen-bond acceptors (Lipinski definition) is 2. The molecule has 0 bridgehead atoms. The van der Waals surface area contributed by atoms with Gasteiger partial charge in [0.2, 0.25) is 0 Å². The third kappa shape index (κ3) is 5.55. The molecule has 0 spiro atoms. The maximum atomic E-state index is 14.2. The van der Waals surface area contributed by atoms with Gasteiger partial charge in [0.05, 0.1) is 5.56 Å². The number of benzene rings is 2. The van der Waals surface area contributed by atoms with Crippen molar-refractivity contribution in [1.82, 2.24) is 0 Å². The van der Waals surface area contributed by atoms with Crippen LogP contribution in [0.4, 0.5) is 43.9 Å². The van der Waals surface area contributed by atoms with Crippen molar-refractivity contribution in [3.05, 3.63) is 64.5 Å². The van der Waals surface area contributed by atoms with Gasteiger partial charge in [-0.1, -0.05) is 19.4 Å². The summed E-state index contributed by atoms with van der Waals surface area (Å²) in [6.45, 7) is 1.76. The van der Waals surface area contributed by atoms with Gasteiger partial charge >= 0.3 is 18.6 Å². The molecule has 2 aromatic carbocycles. The van der Waals surface area contributed by atoms with Crippen molar-refractivity contribution in [2.24, 2.45) is 0 Å². The van der Waals surface area contributed by atoms with Crippen molar-refractivity contribution >= 4 is 0 Å². The highest BCUT2D eigenvalue weighted by atomic mass is 19.4.